The zero-order valence-corrected chi connectivity index (χ0v) is 6.34. The Bertz CT molecular complexity index is 53.4. The SMILES string of the molecule is C[C@H]1CCCSCC1. The van der Waals surface area contributed by atoms with Crippen LogP contribution in [0.15, 0.2) is 0 Å². The fourth-order valence-corrected chi connectivity index (χ4v) is 2.21. The van der Waals surface area contributed by atoms with Gasteiger partial charge in [-0.2, -0.15) is 11.8 Å². The first-order valence-corrected chi connectivity index (χ1v) is 4.63. The molecule has 0 bridgehead atoms. The average Bonchev–Trinajstić information content (AvgIpc) is 1.94. The minimum Gasteiger partial charge on any atom is -0.162 e. The molecule has 0 aromatic heterocycles. The molecule has 1 fully saturated rings. The maximum atomic E-state index is 2.37. The van der Waals surface area contributed by atoms with E-state index in [4.69, 9.17) is 0 Å². The van der Waals surface area contributed by atoms with Crippen molar-refractivity contribution in [1.29, 1.82) is 0 Å². The van der Waals surface area contributed by atoms with Crippen molar-refractivity contribution >= 4 is 11.8 Å². The van der Waals surface area contributed by atoms with Gasteiger partial charge in [-0.25, -0.2) is 0 Å². The monoisotopic (exact) mass is 130 g/mol. The molecule has 0 spiro atoms. The summed E-state index contributed by atoms with van der Waals surface area (Å²) >= 11 is 2.12. The van der Waals surface area contributed by atoms with Gasteiger partial charge in [0.1, 0.15) is 0 Å². The summed E-state index contributed by atoms with van der Waals surface area (Å²) in [6, 6.07) is 0. The second-order valence-electron chi connectivity index (χ2n) is 2.65. The zero-order chi connectivity index (χ0) is 5.82. The van der Waals surface area contributed by atoms with Gasteiger partial charge in [-0.3, -0.25) is 0 Å². The molecule has 1 aliphatic heterocycles. The largest absolute Gasteiger partial charge is 0.162 e. The Labute approximate surface area is 56.0 Å². The average molecular weight is 130 g/mol. The summed E-state index contributed by atoms with van der Waals surface area (Å²) in [4.78, 5) is 0. The molecule has 0 unspecified atom stereocenters. The third-order valence-electron chi connectivity index (χ3n) is 1.74. The lowest BCUT2D eigenvalue weighted by molar-refractivity contribution is 0.523. The quantitative estimate of drug-likeness (QED) is 0.485. The third-order valence-corrected chi connectivity index (χ3v) is 2.84. The molecule has 1 heteroatoms. The van der Waals surface area contributed by atoms with Crippen molar-refractivity contribution in [1.82, 2.24) is 0 Å². The summed E-state index contributed by atoms with van der Waals surface area (Å²) in [5, 5.41) is 0. The standard InChI is InChI=1S/C7H14S/c1-7-3-2-5-8-6-4-7/h7H,2-6H2,1H3/t7-/m0/s1. The summed E-state index contributed by atoms with van der Waals surface area (Å²) in [6.07, 6.45) is 4.36. The third kappa shape index (κ3) is 2.08. The molecule has 0 aliphatic carbocycles. The lowest BCUT2D eigenvalue weighted by atomic mass is 10.0. The molecular formula is C7H14S. The maximum absolute atomic E-state index is 2.37. The summed E-state index contributed by atoms with van der Waals surface area (Å²) in [6.45, 7) is 2.37. The van der Waals surface area contributed by atoms with Crippen LogP contribution in [-0.2, 0) is 0 Å². The van der Waals surface area contributed by atoms with Crippen molar-refractivity contribution in [2.24, 2.45) is 5.92 Å². The molecule has 0 saturated carbocycles. The minimum atomic E-state index is 1.00. The first-order valence-electron chi connectivity index (χ1n) is 3.47. The van der Waals surface area contributed by atoms with Gasteiger partial charge in [0, 0.05) is 0 Å². The van der Waals surface area contributed by atoms with Crippen LogP contribution in [-0.4, -0.2) is 11.5 Å². The Morgan fingerprint density at radius 1 is 1.25 bits per heavy atom. The summed E-state index contributed by atoms with van der Waals surface area (Å²) in [5.41, 5.74) is 0. The van der Waals surface area contributed by atoms with Gasteiger partial charge in [-0.05, 0) is 36.7 Å². The molecule has 48 valence electrons. The first kappa shape index (κ1) is 6.47. The molecule has 1 saturated heterocycles. The van der Waals surface area contributed by atoms with E-state index in [-0.39, 0.29) is 0 Å². The van der Waals surface area contributed by atoms with Crippen molar-refractivity contribution in [3.8, 4) is 0 Å². The predicted octanol–water partition coefficient (Wildman–Crippen LogP) is 2.54. The highest BCUT2D eigenvalue weighted by Crippen LogP contribution is 2.20. The van der Waals surface area contributed by atoms with E-state index in [0.29, 0.717) is 0 Å². The molecule has 1 heterocycles. The lowest BCUT2D eigenvalue weighted by Crippen LogP contribution is -1.91. The Balaban J connectivity index is 2.17. The van der Waals surface area contributed by atoms with Crippen LogP contribution < -0.4 is 0 Å². The summed E-state index contributed by atoms with van der Waals surface area (Å²) in [7, 11) is 0. The van der Waals surface area contributed by atoms with Gasteiger partial charge in [0.2, 0.25) is 0 Å². The predicted molar refractivity (Wildman–Crippen MR) is 40.3 cm³/mol. The normalized spacial score (nSPS) is 31.9. The van der Waals surface area contributed by atoms with Gasteiger partial charge in [-0.15, -0.1) is 0 Å². The molecule has 0 aromatic rings. The smallest absolute Gasteiger partial charge is 0.00650 e. The second kappa shape index (κ2) is 3.39. The topological polar surface area (TPSA) is 0 Å². The molecule has 1 rings (SSSR count). The van der Waals surface area contributed by atoms with Gasteiger partial charge in [-0.1, -0.05) is 6.92 Å². The molecule has 0 nitrogen and oxygen atoms in total. The number of rotatable bonds is 0. The van der Waals surface area contributed by atoms with E-state index in [2.05, 4.69) is 18.7 Å². The van der Waals surface area contributed by atoms with Crippen molar-refractivity contribution in [3.05, 3.63) is 0 Å². The van der Waals surface area contributed by atoms with Crippen molar-refractivity contribution in [2.45, 2.75) is 26.2 Å². The maximum Gasteiger partial charge on any atom is -0.00650 e. The molecule has 0 amide bonds. The summed E-state index contributed by atoms with van der Waals surface area (Å²) < 4.78 is 0. The molecule has 8 heavy (non-hydrogen) atoms. The molecule has 0 aromatic carbocycles. The molecular weight excluding hydrogens is 116 g/mol. The van der Waals surface area contributed by atoms with E-state index >= 15 is 0 Å². The van der Waals surface area contributed by atoms with Crippen molar-refractivity contribution < 1.29 is 0 Å². The van der Waals surface area contributed by atoms with Gasteiger partial charge >= 0.3 is 0 Å². The van der Waals surface area contributed by atoms with Gasteiger partial charge in [0.25, 0.3) is 0 Å². The highest BCUT2D eigenvalue weighted by molar-refractivity contribution is 7.99. The van der Waals surface area contributed by atoms with E-state index < -0.39 is 0 Å². The Hall–Kier alpha value is 0.350. The van der Waals surface area contributed by atoms with E-state index in [9.17, 15) is 0 Å². The number of thioether (sulfide) groups is 1. The molecule has 0 N–H and O–H groups in total. The van der Waals surface area contributed by atoms with Crippen LogP contribution in [0, 0.1) is 5.92 Å². The molecule has 1 aliphatic rings. The molecule has 1 atom stereocenters. The van der Waals surface area contributed by atoms with E-state index in [1.54, 1.807) is 0 Å². The van der Waals surface area contributed by atoms with Crippen molar-refractivity contribution in [3.63, 3.8) is 0 Å². The zero-order valence-electron chi connectivity index (χ0n) is 5.52. The summed E-state index contributed by atoms with van der Waals surface area (Å²) in [5.74, 6) is 3.82. The Kier molecular flexibility index (Phi) is 2.74. The van der Waals surface area contributed by atoms with Crippen LogP contribution in [0.5, 0.6) is 0 Å². The van der Waals surface area contributed by atoms with Gasteiger partial charge < -0.3 is 0 Å². The minimum absolute atomic E-state index is 1.00. The lowest BCUT2D eigenvalue weighted by Gasteiger charge is -2.02. The first-order chi connectivity index (χ1) is 3.89. The van der Waals surface area contributed by atoms with Crippen molar-refractivity contribution in [2.75, 3.05) is 11.5 Å². The van der Waals surface area contributed by atoms with E-state index in [1.807, 2.05) is 0 Å². The van der Waals surface area contributed by atoms with E-state index in [1.165, 1.54) is 30.8 Å². The van der Waals surface area contributed by atoms with Crippen LogP contribution in [0.2, 0.25) is 0 Å². The van der Waals surface area contributed by atoms with Crippen LogP contribution in [0.1, 0.15) is 26.2 Å². The van der Waals surface area contributed by atoms with E-state index in [0.717, 1.165) is 5.92 Å². The highest BCUT2D eigenvalue weighted by atomic mass is 32.2. The second-order valence-corrected chi connectivity index (χ2v) is 3.87. The molecule has 0 radical (unpaired) electrons. The van der Waals surface area contributed by atoms with Gasteiger partial charge in [0.05, 0.1) is 0 Å². The van der Waals surface area contributed by atoms with Crippen LogP contribution in [0.25, 0.3) is 0 Å². The number of hydrogen-bond acceptors (Lipinski definition) is 1. The van der Waals surface area contributed by atoms with Crippen LogP contribution in [0.3, 0.4) is 0 Å². The fraction of sp³-hybridized carbons (Fsp3) is 1.00. The Morgan fingerprint density at radius 2 is 2.12 bits per heavy atom. The number of hydrogen-bond donors (Lipinski definition) is 0. The Morgan fingerprint density at radius 3 is 3.00 bits per heavy atom. The van der Waals surface area contributed by atoms with Crippen LogP contribution >= 0.6 is 11.8 Å². The van der Waals surface area contributed by atoms with Crippen LogP contribution in [0.4, 0.5) is 0 Å². The highest BCUT2D eigenvalue weighted by Gasteiger charge is 2.05. The fourth-order valence-electron chi connectivity index (χ4n) is 1.06. The van der Waals surface area contributed by atoms with Gasteiger partial charge in [0.15, 0.2) is 0 Å².